The third-order valence-electron chi connectivity index (χ3n) is 4.02. The molecule has 2 heterocycles. The number of H-pyrrole nitrogens is 1. The predicted octanol–water partition coefficient (Wildman–Crippen LogP) is 3.96. The van der Waals surface area contributed by atoms with Crippen LogP contribution in [-0.4, -0.2) is 26.1 Å². The van der Waals surface area contributed by atoms with Crippen molar-refractivity contribution in [1.29, 1.82) is 0 Å². The summed E-state index contributed by atoms with van der Waals surface area (Å²) in [5.74, 6) is -0.188. The average Bonchev–Trinajstić information content (AvgIpc) is 3.03. The van der Waals surface area contributed by atoms with Gasteiger partial charge in [-0.05, 0) is 43.7 Å². The zero-order chi connectivity index (χ0) is 19.0. The number of thioether (sulfide) groups is 1. The molecule has 0 spiro atoms. The van der Waals surface area contributed by atoms with Crippen molar-refractivity contribution in [1.82, 2.24) is 15.0 Å². The molecular weight excluding hydrogens is 380 g/mol. The van der Waals surface area contributed by atoms with Crippen molar-refractivity contribution < 1.29 is 4.79 Å². The van der Waals surface area contributed by atoms with E-state index in [2.05, 4.69) is 20.3 Å². The van der Waals surface area contributed by atoms with Crippen LogP contribution in [0.1, 0.15) is 12.5 Å². The lowest BCUT2D eigenvalue weighted by Crippen LogP contribution is -2.23. The highest BCUT2D eigenvalue weighted by Gasteiger charge is 2.18. The Morgan fingerprint density at radius 3 is 2.85 bits per heavy atom. The molecule has 27 heavy (non-hydrogen) atoms. The Morgan fingerprint density at radius 1 is 1.19 bits per heavy atom. The Hall–Kier alpha value is -2.71. The molecule has 4 rings (SSSR count). The third-order valence-corrected chi connectivity index (χ3v) is 5.94. The summed E-state index contributed by atoms with van der Waals surface area (Å²) in [7, 11) is 0. The molecule has 2 aromatic carbocycles. The van der Waals surface area contributed by atoms with Crippen molar-refractivity contribution in [3.63, 3.8) is 0 Å². The highest BCUT2D eigenvalue weighted by Crippen LogP contribution is 2.28. The first-order valence-electron chi connectivity index (χ1n) is 8.33. The van der Waals surface area contributed by atoms with E-state index in [1.807, 2.05) is 31.2 Å². The van der Waals surface area contributed by atoms with E-state index in [0.29, 0.717) is 21.2 Å². The fourth-order valence-corrected chi connectivity index (χ4v) is 4.40. The van der Waals surface area contributed by atoms with Crippen LogP contribution in [-0.2, 0) is 4.79 Å². The van der Waals surface area contributed by atoms with E-state index in [4.69, 9.17) is 0 Å². The number of hydrogen-bond acceptors (Lipinski definition) is 6. The molecule has 136 valence electrons. The van der Waals surface area contributed by atoms with Gasteiger partial charge in [0.05, 0.1) is 26.4 Å². The van der Waals surface area contributed by atoms with Gasteiger partial charge in [0.2, 0.25) is 5.91 Å². The third kappa shape index (κ3) is 3.72. The van der Waals surface area contributed by atoms with Crippen molar-refractivity contribution in [3.05, 3.63) is 58.4 Å². The number of thiazole rings is 1. The van der Waals surface area contributed by atoms with Gasteiger partial charge in [0.1, 0.15) is 0 Å². The quantitative estimate of drug-likeness (QED) is 0.403. The maximum Gasteiger partial charge on any atom is 0.259 e. The number of amides is 1. The second-order valence-electron chi connectivity index (χ2n) is 6.13. The molecule has 0 saturated heterocycles. The van der Waals surface area contributed by atoms with Crippen LogP contribution < -0.4 is 10.9 Å². The number of carbonyl (C=O) groups is 1. The fraction of sp³-hybridized carbons (Fsp3) is 0.158. The largest absolute Gasteiger partial charge is 0.301 e. The normalized spacial score (nSPS) is 12.4. The minimum absolute atomic E-state index is 0.188. The van der Waals surface area contributed by atoms with Gasteiger partial charge < -0.3 is 10.3 Å². The highest BCUT2D eigenvalue weighted by molar-refractivity contribution is 8.00. The molecular formula is C19H16N4O2S2. The van der Waals surface area contributed by atoms with E-state index in [1.54, 1.807) is 25.1 Å². The number of aromatic nitrogens is 3. The SMILES string of the molecule is Cc1ccc2nc(NC(=O)C(C)Sc3nc4ccccc4c(=O)[nH]3)sc2c1. The molecule has 6 nitrogen and oxygen atoms in total. The topological polar surface area (TPSA) is 87.7 Å². The standard InChI is InChI=1S/C19H16N4O2S2/c1-10-7-8-14-15(9-10)27-19(21-14)22-16(24)11(2)26-18-20-13-6-4-3-5-12(13)17(25)23-18/h3-9,11H,1-2H3,(H,20,23,25)(H,21,22,24). The Bertz CT molecular complexity index is 1220. The van der Waals surface area contributed by atoms with Gasteiger partial charge in [-0.3, -0.25) is 9.59 Å². The number of nitrogens with zero attached hydrogens (tertiary/aromatic N) is 2. The summed E-state index contributed by atoms with van der Waals surface area (Å²) in [6.45, 7) is 3.79. The summed E-state index contributed by atoms with van der Waals surface area (Å²) in [5.41, 5.74) is 2.41. The lowest BCUT2D eigenvalue weighted by Gasteiger charge is -2.10. The van der Waals surface area contributed by atoms with E-state index < -0.39 is 5.25 Å². The lowest BCUT2D eigenvalue weighted by atomic mass is 10.2. The molecule has 0 radical (unpaired) electrons. The van der Waals surface area contributed by atoms with Gasteiger partial charge in [0, 0.05) is 0 Å². The molecule has 0 aliphatic heterocycles. The number of aromatic amines is 1. The van der Waals surface area contributed by atoms with E-state index in [-0.39, 0.29) is 11.5 Å². The van der Waals surface area contributed by atoms with Crippen LogP contribution in [0.25, 0.3) is 21.1 Å². The summed E-state index contributed by atoms with van der Waals surface area (Å²) in [5, 5.41) is 3.92. The number of anilines is 1. The number of hydrogen-bond donors (Lipinski definition) is 2. The molecule has 8 heteroatoms. The number of fused-ring (bicyclic) bond motifs is 2. The number of nitrogens with one attached hydrogen (secondary N) is 2. The molecule has 1 unspecified atom stereocenters. The summed E-state index contributed by atoms with van der Waals surface area (Å²) in [6, 6.07) is 13.1. The molecule has 0 fully saturated rings. The molecule has 2 N–H and O–H groups in total. The first-order valence-corrected chi connectivity index (χ1v) is 10.0. The molecule has 0 bridgehead atoms. The van der Waals surface area contributed by atoms with Gasteiger partial charge in [-0.2, -0.15) is 0 Å². The minimum atomic E-state index is -0.442. The predicted molar refractivity (Wildman–Crippen MR) is 111 cm³/mol. The van der Waals surface area contributed by atoms with Crippen molar-refractivity contribution in [3.8, 4) is 0 Å². The first-order chi connectivity index (χ1) is 13.0. The highest BCUT2D eigenvalue weighted by atomic mass is 32.2. The van der Waals surface area contributed by atoms with Crippen LogP contribution in [0.2, 0.25) is 0 Å². The monoisotopic (exact) mass is 396 g/mol. The molecule has 1 amide bonds. The fourth-order valence-electron chi connectivity index (χ4n) is 2.63. The molecule has 0 aliphatic carbocycles. The van der Waals surface area contributed by atoms with Gasteiger partial charge in [0.25, 0.3) is 5.56 Å². The van der Waals surface area contributed by atoms with Crippen molar-refractivity contribution >= 4 is 55.3 Å². The Kier molecular flexibility index (Phi) is 4.67. The zero-order valence-electron chi connectivity index (χ0n) is 14.6. The van der Waals surface area contributed by atoms with Gasteiger partial charge in [-0.25, -0.2) is 9.97 Å². The summed E-state index contributed by atoms with van der Waals surface area (Å²) in [6.07, 6.45) is 0. The molecule has 1 atom stereocenters. The average molecular weight is 396 g/mol. The lowest BCUT2D eigenvalue weighted by molar-refractivity contribution is -0.115. The van der Waals surface area contributed by atoms with Gasteiger partial charge in [0.15, 0.2) is 10.3 Å². The second-order valence-corrected chi connectivity index (χ2v) is 8.49. The van der Waals surface area contributed by atoms with Crippen LogP contribution in [0.5, 0.6) is 0 Å². The Balaban J connectivity index is 1.51. The van der Waals surface area contributed by atoms with E-state index in [9.17, 15) is 9.59 Å². The van der Waals surface area contributed by atoms with Gasteiger partial charge >= 0.3 is 0 Å². The van der Waals surface area contributed by atoms with Crippen LogP contribution in [0.3, 0.4) is 0 Å². The zero-order valence-corrected chi connectivity index (χ0v) is 16.3. The Labute approximate surface area is 163 Å². The van der Waals surface area contributed by atoms with Crippen LogP contribution >= 0.6 is 23.1 Å². The summed E-state index contributed by atoms with van der Waals surface area (Å²) in [4.78, 5) is 36.3. The number of aryl methyl sites for hydroxylation is 1. The molecule has 0 aliphatic rings. The maximum atomic E-state index is 12.5. The second kappa shape index (κ2) is 7.13. The number of para-hydroxylation sites is 1. The summed E-state index contributed by atoms with van der Waals surface area (Å²) < 4.78 is 1.03. The first kappa shape index (κ1) is 17.7. The van der Waals surface area contributed by atoms with Crippen molar-refractivity contribution in [2.45, 2.75) is 24.3 Å². The maximum absolute atomic E-state index is 12.5. The smallest absolute Gasteiger partial charge is 0.259 e. The number of benzene rings is 2. The summed E-state index contributed by atoms with van der Waals surface area (Å²) >= 11 is 2.65. The van der Waals surface area contributed by atoms with E-state index in [0.717, 1.165) is 15.8 Å². The Morgan fingerprint density at radius 2 is 2.00 bits per heavy atom. The molecule has 4 aromatic rings. The van der Waals surface area contributed by atoms with Crippen LogP contribution in [0, 0.1) is 6.92 Å². The van der Waals surface area contributed by atoms with Gasteiger partial charge in [-0.1, -0.05) is 41.3 Å². The molecule has 0 saturated carbocycles. The van der Waals surface area contributed by atoms with Gasteiger partial charge in [-0.15, -0.1) is 0 Å². The number of carbonyl (C=O) groups excluding carboxylic acids is 1. The van der Waals surface area contributed by atoms with Crippen LogP contribution in [0.15, 0.2) is 52.4 Å². The van der Waals surface area contributed by atoms with Crippen molar-refractivity contribution in [2.75, 3.05) is 5.32 Å². The van der Waals surface area contributed by atoms with E-state index in [1.165, 1.54) is 23.1 Å². The van der Waals surface area contributed by atoms with Crippen LogP contribution in [0.4, 0.5) is 5.13 Å². The number of rotatable bonds is 4. The minimum Gasteiger partial charge on any atom is -0.301 e. The van der Waals surface area contributed by atoms with Crippen molar-refractivity contribution in [2.24, 2.45) is 0 Å². The molecule has 2 aromatic heterocycles. The van der Waals surface area contributed by atoms with E-state index >= 15 is 0 Å².